The van der Waals surface area contributed by atoms with Gasteiger partial charge in [-0.3, -0.25) is 9.59 Å². The van der Waals surface area contributed by atoms with Crippen molar-refractivity contribution in [1.29, 1.82) is 0 Å². The Labute approximate surface area is 100 Å². The minimum absolute atomic E-state index is 0.0399. The van der Waals surface area contributed by atoms with Crippen LogP contribution in [0.4, 0.5) is 5.69 Å². The molecule has 0 fully saturated rings. The molecule has 0 aliphatic carbocycles. The number of nitrogens with zero attached hydrogens (tertiary/aromatic N) is 1. The highest BCUT2D eigenvalue weighted by molar-refractivity contribution is 6.39. The molecule has 2 N–H and O–H groups in total. The van der Waals surface area contributed by atoms with Crippen molar-refractivity contribution in [3.05, 3.63) is 24.3 Å². The van der Waals surface area contributed by atoms with Crippen molar-refractivity contribution in [1.82, 2.24) is 4.90 Å². The molecule has 5 nitrogen and oxygen atoms in total. The number of aromatic hydroxyl groups is 1. The number of amides is 2. The lowest BCUT2D eigenvalue weighted by Crippen LogP contribution is -2.39. The van der Waals surface area contributed by atoms with E-state index in [1.165, 1.54) is 17.0 Å². The monoisotopic (exact) mass is 236 g/mol. The average molecular weight is 236 g/mol. The van der Waals surface area contributed by atoms with Crippen LogP contribution in [0.25, 0.3) is 0 Å². The maximum absolute atomic E-state index is 11.6. The molecular formula is C12H16N2O3. The van der Waals surface area contributed by atoms with Crippen LogP contribution in [-0.2, 0) is 9.59 Å². The molecule has 1 rings (SSSR count). The van der Waals surface area contributed by atoms with Gasteiger partial charge in [-0.05, 0) is 26.0 Å². The number of carbonyl (C=O) groups excluding carboxylic acids is 2. The lowest BCUT2D eigenvalue weighted by atomic mass is 10.3. The summed E-state index contributed by atoms with van der Waals surface area (Å²) >= 11 is 0. The van der Waals surface area contributed by atoms with E-state index in [4.69, 9.17) is 0 Å². The number of likely N-dealkylation sites (N-methyl/N-ethyl adjacent to an activating group) is 1. The second-order valence-corrected chi connectivity index (χ2v) is 3.48. The molecule has 0 radical (unpaired) electrons. The number of hydrogen-bond donors (Lipinski definition) is 2. The van der Waals surface area contributed by atoms with E-state index in [9.17, 15) is 14.7 Å². The topological polar surface area (TPSA) is 69.6 Å². The first kappa shape index (κ1) is 13.0. The Hall–Kier alpha value is -2.04. The Morgan fingerprint density at radius 2 is 1.94 bits per heavy atom. The standard InChI is InChI=1S/C12H16N2O3/c1-3-14(4-2)12(17)11(16)13-9-6-5-7-10(15)8-9/h5-8,15H,3-4H2,1-2H3,(H,13,16). The summed E-state index contributed by atoms with van der Waals surface area (Å²) in [5.41, 5.74) is 0.399. The summed E-state index contributed by atoms with van der Waals surface area (Å²) in [5.74, 6) is -1.23. The molecule has 0 unspecified atom stereocenters. The third-order valence-electron chi connectivity index (χ3n) is 2.35. The highest BCUT2D eigenvalue weighted by Crippen LogP contribution is 2.15. The number of nitrogens with one attached hydrogen (secondary N) is 1. The maximum Gasteiger partial charge on any atom is 0.313 e. The van der Waals surface area contributed by atoms with Gasteiger partial charge >= 0.3 is 11.8 Å². The van der Waals surface area contributed by atoms with Gasteiger partial charge in [0.1, 0.15) is 5.75 Å². The van der Waals surface area contributed by atoms with Crippen molar-refractivity contribution >= 4 is 17.5 Å². The van der Waals surface area contributed by atoms with Crippen LogP contribution in [0.2, 0.25) is 0 Å². The van der Waals surface area contributed by atoms with Crippen LogP contribution in [0, 0.1) is 0 Å². The largest absolute Gasteiger partial charge is 0.508 e. The van der Waals surface area contributed by atoms with Crippen LogP contribution in [-0.4, -0.2) is 34.9 Å². The fraction of sp³-hybridized carbons (Fsp3) is 0.333. The highest BCUT2D eigenvalue weighted by atomic mass is 16.3. The molecule has 0 heterocycles. The van der Waals surface area contributed by atoms with Crippen LogP contribution >= 0.6 is 0 Å². The van der Waals surface area contributed by atoms with Gasteiger partial charge in [0.15, 0.2) is 0 Å². The molecule has 0 bridgehead atoms. The van der Waals surface area contributed by atoms with Gasteiger partial charge in [-0.2, -0.15) is 0 Å². The number of rotatable bonds is 3. The smallest absolute Gasteiger partial charge is 0.313 e. The number of carbonyl (C=O) groups is 2. The summed E-state index contributed by atoms with van der Waals surface area (Å²) in [6.45, 7) is 4.59. The Bertz CT molecular complexity index is 414. The van der Waals surface area contributed by atoms with Crippen LogP contribution in [0.5, 0.6) is 5.75 Å². The van der Waals surface area contributed by atoms with Crippen molar-refractivity contribution in [2.45, 2.75) is 13.8 Å². The molecular weight excluding hydrogens is 220 g/mol. The van der Waals surface area contributed by atoms with Gasteiger partial charge in [0.2, 0.25) is 0 Å². The zero-order valence-corrected chi connectivity index (χ0v) is 9.93. The Morgan fingerprint density at radius 3 is 2.47 bits per heavy atom. The second kappa shape index (κ2) is 5.89. The molecule has 0 atom stereocenters. The van der Waals surface area contributed by atoms with E-state index in [1.807, 2.05) is 13.8 Å². The average Bonchev–Trinajstić information content (AvgIpc) is 2.30. The molecule has 92 valence electrons. The number of benzene rings is 1. The summed E-state index contributed by atoms with van der Waals surface area (Å²) < 4.78 is 0. The molecule has 0 aliphatic rings. The zero-order chi connectivity index (χ0) is 12.8. The van der Waals surface area contributed by atoms with Gasteiger partial charge in [0, 0.05) is 24.8 Å². The molecule has 0 saturated heterocycles. The van der Waals surface area contributed by atoms with E-state index in [-0.39, 0.29) is 5.75 Å². The minimum Gasteiger partial charge on any atom is -0.508 e. The SMILES string of the molecule is CCN(CC)C(=O)C(=O)Nc1cccc(O)c1. The van der Waals surface area contributed by atoms with Crippen molar-refractivity contribution in [2.75, 3.05) is 18.4 Å². The Morgan fingerprint density at radius 1 is 1.29 bits per heavy atom. The second-order valence-electron chi connectivity index (χ2n) is 3.48. The number of hydrogen-bond acceptors (Lipinski definition) is 3. The van der Waals surface area contributed by atoms with Gasteiger partial charge in [0.25, 0.3) is 0 Å². The molecule has 0 aromatic heterocycles. The molecule has 0 spiro atoms. The first-order valence-corrected chi connectivity index (χ1v) is 5.47. The third-order valence-corrected chi connectivity index (χ3v) is 2.35. The van der Waals surface area contributed by atoms with Gasteiger partial charge in [0.05, 0.1) is 0 Å². The quantitative estimate of drug-likeness (QED) is 0.775. The van der Waals surface area contributed by atoms with Crippen molar-refractivity contribution < 1.29 is 14.7 Å². The zero-order valence-electron chi connectivity index (χ0n) is 9.93. The van der Waals surface area contributed by atoms with Crippen LogP contribution in [0.15, 0.2) is 24.3 Å². The molecule has 17 heavy (non-hydrogen) atoms. The summed E-state index contributed by atoms with van der Waals surface area (Å²) in [5, 5.41) is 11.7. The fourth-order valence-electron chi connectivity index (χ4n) is 1.42. The van der Waals surface area contributed by atoms with Crippen molar-refractivity contribution in [3.8, 4) is 5.75 Å². The molecule has 2 amide bonds. The van der Waals surface area contributed by atoms with Gasteiger partial charge in [-0.1, -0.05) is 6.07 Å². The van der Waals surface area contributed by atoms with Gasteiger partial charge in [-0.25, -0.2) is 0 Å². The molecule has 0 aliphatic heterocycles. The summed E-state index contributed by atoms with van der Waals surface area (Å²) in [6, 6.07) is 6.06. The van der Waals surface area contributed by atoms with Crippen molar-refractivity contribution in [2.24, 2.45) is 0 Å². The molecule has 1 aromatic rings. The van der Waals surface area contributed by atoms with E-state index in [0.29, 0.717) is 18.8 Å². The van der Waals surface area contributed by atoms with E-state index < -0.39 is 11.8 Å². The van der Waals surface area contributed by atoms with Crippen LogP contribution in [0.1, 0.15) is 13.8 Å². The first-order chi connectivity index (χ1) is 8.08. The lowest BCUT2D eigenvalue weighted by Gasteiger charge is -2.17. The fourth-order valence-corrected chi connectivity index (χ4v) is 1.42. The van der Waals surface area contributed by atoms with Gasteiger partial charge in [-0.15, -0.1) is 0 Å². The molecule has 5 heteroatoms. The number of anilines is 1. The first-order valence-electron chi connectivity index (χ1n) is 5.47. The highest BCUT2D eigenvalue weighted by Gasteiger charge is 2.19. The van der Waals surface area contributed by atoms with E-state index >= 15 is 0 Å². The van der Waals surface area contributed by atoms with E-state index in [0.717, 1.165) is 0 Å². The lowest BCUT2D eigenvalue weighted by molar-refractivity contribution is -0.142. The number of phenolic OH excluding ortho intramolecular Hbond substituents is 1. The number of phenols is 1. The molecule has 0 saturated carbocycles. The third kappa shape index (κ3) is 3.48. The normalized spacial score (nSPS) is 9.76. The minimum atomic E-state index is -0.695. The summed E-state index contributed by atoms with van der Waals surface area (Å²) in [7, 11) is 0. The maximum atomic E-state index is 11.6. The predicted octanol–water partition coefficient (Wildman–Crippen LogP) is 1.20. The molecule has 1 aromatic carbocycles. The van der Waals surface area contributed by atoms with Crippen LogP contribution < -0.4 is 5.32 Å². The Balaban J connectivity index is 2.69. The summed E-state index contributed by atoms with van der Waals surface area (Å²) in [6.07, 6.45) is 0. The summed E-state index contributed by atoms with van der Waals surface area (Å²) in [4.78, 5) is 24.7. The van der Waals surface area contributed by atoms with E-state index in [2.05, 4.69) is 5.32 Å². The van der Waals surface area contributed by atoms with Gasteiger partial charge < -0.3 is 15.3 Å². The Kier molecular flexibility index (Phi) is 4.51. The van der Waals surface area contributed by atoms with Crippen LogP contribution in [0.3, 0.4) is 0 Å². The predicted molar refractivity (Wildman–Crippen MR) is 64.7 cm³/mol. The van der Waals surface area contributed by atoms with Crippen molar-refractivity contribution in [3.63, 3.8) is 0 Å². The van der Waals surface area contributed by atoms with E-state index in [1.54, 1.807) is 12.1 Å².